The van der Waals surface area contributed by atoms with Crippen molar-refractivity contribution in [3.05, 3.63) is 35.9 Å². The third-order valence-corrected chi connectivity index (χ3v) is 2.91. The Labute approximate surface area is 107 Å². The fourth-order valence-electron chi connectivity index (χ4n) is 1.97. The van der Waals surface area contributed by atoms with Crippen LogP contribution in [-0.4, -0.2) is 30.5 Å². The van der Waals surface area contributed by atoms with Crippen LogP contribution in [0.5, 0.6) is 5.75 Å². The molecular formula is C14H18N2O2. The second kappa shape index (κ2) is 5.58. The van der Waals surface area contributed by atoms with Crippen LogP contribution in [0, 0.1) is 0 Å². The van der Waals surface area contributed by atoms with Crippen LogP contribution in [0.4, 0.5) is 5.69 Å². The highest BCUT2D eigenvalue weighted by Crippen LogP contribution is 2.15. The first-order valence-electron chi connectivity index (χ1n) is 6.07. The number of rotatable bonds is 3. The molecule has 1 aliphatic heterocycles. The van der Waals surface area contributed by atoms with Crippen LogP contribution in [0.15, 0.2) is 35.9 Å². The normalized spacial score (nSPS) is 15.2. The fourth-order valence-corrected chi connectivity index (χ4v) is 1.97. The molecule has 0 spiro atoms. The van der Waals surface area contributed by atoms with Gasteiger partial charge in [-0.2, -0.15) is 0 Å². The highest BCUT2D eigenvalue weighted by Gasteiger charge is 2.16. The van der Waals surface area contributed by atoms with E-state index >= 15 is 0 Å². The number of carbonyl (C=O) groups excluding carboxylic acids is 1. The Morgan fingerprint density at radius 3 is 3.06 bits per heavy atom. The Balaban J connectivity index is 1.87. The lowest BCUT2D eigenvalue weighted by Gasteiger charge is -2.26. The Kier molecular flexibility index (Phi) is 3.87. The van der Waals surface area contributed by atoms with Crippen molar-refractivity contribution in [3.63, 3.8) is 0 Å². The van der Waals surface area contributed by atoms with E-state index in [9.17, 15) is 4.79 Å². The molecule has 96 valence electrons. The number of nitrogens with zero attached hydrogens (tertiary/aromatic N) is 1. The zero-order chi connectivity index (χ0) is 13.0. The van der Waals surface area contributed by atoms with E-state index in [-0.39, 0.29) is 12.5 Å². The summed E-state index contributed by atoms with van der Waals surface area (Å²) in [7, 11) is 0. The van der Waals surface area contributed by atoms with Crippen LogP contribution in [-0.2, 0) is 4.79 Å². The van der Waals surface area contributed by atoms with E-state index in [1.165, 1.54) is 5.57 Å². The van der Waals surface area contributed by atoms with Crippen LogP contribution in [0.25, 0.3) is 0 Å². The summed E-state index contributed by atoms with van der Waals surface area (Å²) in [4.78, 5) is 13.8. The first kappa shape index (κ1) is 12.5. The molecule has 1 aromatic rings. The number of hydrogen-bond acceptors (Lipinski definition) is 3. The van der Waals surface area contributed by atoms with Crippen molar-refractivity contribution in [2.24, 2.45) is 0 Å². The van der Waals surface area contributed by atoms with E-state index in [1.54, 1.807) is 18.2 Å². The van der Waals surface area contributed by atoms with Crippen molar-refractivity contribution in [2.45, 2.75) is 13.3 Å². The standard InChI is InChI=1S/C14H18N2O2/c1-11-4-3-7-16(9-11)14(17)10-18-13-6-2-5-12(15)8-13/h2,4-6,8H,3,7,9-10,15H2,1H3. The fraction of sp³-hybridized carbons (Fsp3) is 0.357. The number of nitrogen functional groups attached to an aromatic ring is 1. The van der Waals surface area contributed by atoms with Gasteiger partial charge in [0.1, 0.15) is 5.75 Å². The van der Waals surface area contributed by atoms with Gasteiger partial charge < -0.3 is 15.4 Å². The summed E-state index contributed by atoms with van der Waals surface area (Å²) < 4.78 is 5.45. The average molecular weight is 246 g/mol. The molecule has 0 aromatic heterocycles. The third kappa shape index (κ3) is 3.26. The number of carbonyl (C=O) groups is 1. The molecule has 1 aromatic carbocycles. The summed E-state index contributed by atoms with van der Waals surface area (Å²) in [6.07, 6.45) is 3.10. The van der Waals surface area contributed by atoms with Gasteiger partial charge in [0, 0.05) is 24.8 Å². The minimum absolute atomic E-state index is 0.0184. The minimum atomic E-state index is 0.0184. The lowest BCUT2D eigenvalue weighted by atomic mass is 10.1. The quantitative estimate of drug-likeness (QED) is 0.654. The van der Waals surface area contributed by atoms with Crippen molar-refractivity contribution in [2.75, 3.05) is 25.4 Å². The van der Waals surface area contributed by atoms with Gasteiger partial charge in [-0.1, -0.05) is 17.7 Å². The molecule has 2 N–H and O–H groups in total. The Morgan fingerprint density at radius 2 is 2.33 bits per heavy atom. The SMILES string of the molecule is CC1=CCCN(C(=O)COc2cccc(N)c2)C1. The number of nitrogens with two attached hydrogens (primary N) is 1. The molecule has 4 nitrogen and oxygen atoms in total. The molecule has 0 fully saturated rings. The second-order valence-corrected chi connectivity index (χ2v) is 4.52. The minimum Gasteiger partial charge on any atom is -0.484 e. The van der Waals surface area contributed by atoms with Crippen molar-refractivity contribution >= 4 is 11.6 Å². The predicted octanol–water partition coefficient (Wildman–Crippen LogP) is 1.83. The molecule has 4 heteroatoms. The molecule has 1 aliphatic rings. The van der Waals surface area contributed by atoms with Gasteiger partial charge in [-0.25, -0.2) is 0 Å². The van der Waals surface area contributed by atoms with Crippen LogP contribution in [0.1, 0.15) is 13.3 Å². The van der Waals surface area contributed by atoms with Gasteiger partial charge in [0.2, 0.25) is 0 Å². The van der Waals surface area contributed by atoms with E-state index < -0.39 is 0 Å². The third-order valence-electron chi connectivity index (χ3n) is 2.91. The summed E-state index contributed by atoms with van der Waals surface area (Å²) in [5.74, 6) is 0.650. The maximum Gasteiger partial charge on any atom is 0.260 e. The summed E-state index contributed by atoms with van der Waals surface area (Å²) in [5.41, 5.74) is 7.51. The molecule has 0 bridgehead atoms. The predicted molar refractivity (Wildman–Crippen MR) is 71.3 cm³/mol. The molecule has 2 rings (SSSR count). The van der Waals surface area contributed by atoms with Crippen LogP contribution in [0.3, 0.4) is 0 Å². The first-order valence-corrected chi connectivity index (χ1v) is 6.07. The topological polar surface area (TPSA) is 55.6 Å². The van der Waals surface area contributed by atoms with Gasteiger partial charge in [0.05, 0.1) is 0 Å². The number of ether oxygens (including phenoxy) is 1. The summed E-state index contributed by atoms with van der Waals surface area (Å²) in [6.45, 7) is 3.59. The van der Waals surface area contributed by atoms with Gasteiger partial charge >= 0.3 is 0 Å². The molecule has 1 amide bonds. The average Bonchev–Trinajstić information content (AvgIpc) is 2.36. The number of benzene rings is 1. The first-order chi connectivity index (χ1) is 8.65. The summed E-state index contributed by atoms with van der Waals surface area (Å²) in [6, 6.07) is 7.11. The maximum absolute atomic E-state index is 11.9. The van der Waals surface area contributed by atoms with E-state index in [1.807, 2.05) is 17.9 Å². The summed E-state index contributed by atoms with van der Waals surface area (Å²) in [5, 5.41) is 0. The van der Waals surface area contributed by atoms with Gasteiger partial charge in [-0.3, -0.25) is 4.79 Å². The molecular weight excluding hydrogens is 228 g/mol. The molecule has 1 heterocycles. The molecule has 0 atom stereocenters. The van der Waals surface area contributed by atoms with Crippen LogP contribution in [0.2, 0.25) is 0 Å². The lowest BCUT2D eigenvalue weighted by Crippen LogP contribution is -2.38. The maximum atomic E-state index is 11.9. The number of hydrogen-bond donors (Lipinski definition) is 1. The van der Waals surface area contributed by atoms with Gasteiger partial charge in [0.15, 0.2) is 6.61 Å². The second-order valence-electron chi connectivity index (χ2n) is 4.52. The highest BCUT2D eigenvalue weighted by molar-refractivity contribution is 5.78. The van der Waals surface area contributed by atoms with Crippen molar-refractivity contribution in [1.29, 1.82) is 0 Å². The van der Waals surface area contributed by atoms with Gasteiger partial charge in [-0.05, 0) is 25.5 Å². The molecule has 18 heavy (non-hydrogen) atoms. The molecule has 0 radical (unpaired) electrons. The van der Waals surface area contributed by atoms with Crippen LogP contribution >= 0.6 is 0 Å². The zero-order valence-corrected chi connectivity index (χ0v) is 10.6. The zero-order valence-electron chi connectivity index (χ0n) is 10.6. The van der Waals surface area contributed by atoms with Crippen molar-refractivity contribution < 1.29 is 9.53 Å². The number of amides is 1. The molecule has 0 saturated carbocycles. The largest absolute Gasteiger partial charge is 0.484 e. The Hall–Kier alpha value is -1.97. The molecule has 0 saturated heterocycles. The van der Waals surface area contributed by atoms with Crippen molar-refractivity contribution in [3.8, 4) is 5.75 Å². The lowest BCUT2D eigenvalue weighted by molar-refractivity contribution is -0.133. The smallest absolute Gasteiger partial charge is 0.260 e. The monoisotopic (exact) mass is 246 g/mol. The number of anilines is 1. The Bertz CT molecular complexity index is 469. The van der Waals surface area contributed by atoms with E-state index in [0.29, 0.717) is 18.0 Å². The van der Waals surface area contributed by atoms with E-state index in [0.717, 1.165) is 13.0 Å². The van der Waals surface area contributed by atoms with E-state index in [2.05, 4.69) is 6.08 Å². The van der Waals surface area contributed by atoms with Crippen molar-refractivity contribution in [1.82, 2.24) is 4.90 Å². The molecule has 0 unspecified atom stereocenters. The Morgan fingerprint density at radius 1 is 1.50 bits per heavy atom. The van der Waals surface area contributed by atoms with Gasteiger partial charge in [-0.15, -0.1) is 0 Å². The molecule has 0 aliphatic carbocycles. The van der Waals surface area contributed by atoms with Gasteiger partial charge in [0.25, 0.3) is 5.91 Å². The highest BCUT2D eigenvalue weighted by atomic mass is 16.5. The van der Waals surface area contributed by atoms with Crippen LogP contribution < -0.4 is 10.5 Å². The van der Waals surface area contributed by atoms with E-state index in [4.69, 9.17) is 10.5 Å². The summed E-state index contributed by atoms with van der Waals surface area (Å²) >= 11 is 0.